The number of aryl methyl sites for hydroxylation is 1. The van der Waals surface area contributed by atoms with Gasteiger partial charge in [0.2, 0.25) is 0 Å². The minimum Gasteiger partial charge on any atom is -0.298 e. The van der Waals surface area contributed by atoms with Crippen molar-refractivity contribution in [3.63, 3.8) is 0 Å². The zero-order chi connectivity index (χ0) is 19.9. The molecule has 0 atom stereocenters. The van der Waals surface area contributed by atoms with Gasteiger partial charge in [-0.3, -0.25) is 19.2 Å². The minimum atomic E-state index is -4.47. The third kappa shape index (κ3) is 3.83. The molecule has 4 rings (SSSR count). The first-order valence-electron chi connectivity index (χ1n) is 9.65. The van der Waals surface area contributed by atoms with Crippen LogP contribution in [-0.4, -0.2) is 32.5 Å². The number of fused-ring (bicyclic) bond motifs is 1. The molecule has 0 N–H and O–H groups in total. The third-order valence-electron chi connectivity index (χ3n) is 5.78. The molecule has 2 aromatic heterocycles. The summed E-state index contributed by atoms with van der Waals surface area (Å²) in [6.45, 7) is 4.47. The average Bonchev–Trinajstić information content (AvgIpc) is 2.62. The first-order chi connectivity index (χ1) is 13.3. The highest BCUT2D eigenvalue weighted by Gasteiger charge is 2.32. The van der Waals surface area contributed by atoms with Gasteiger partial charge in [-0.1, -0.05) is 12.5 Å². The Balaban J connectivity index is 1.56. The van der Waals surface area contributed by atoms with E-state index < -0.39 is 11.9 Å². The van der Waals surface area contributed by atoms with Crippen LogP contribution < -0.4 is 5.56 Å². The van der Waals surface area contributed by atoms with Crippen molar-refractivity contribution in [3.8, 4) is 0 Å². The summed E-state index contributed by atoms with van der Waals surface area (Å²) < 4.78 is 39.6. The highest BCUT2D eigenvalue weighted by Crippen LogP contribution is 2.29. The highest BCUT2D eigenvalue weighted by atomic mass is 19.4. The number of hydrogen-bond donors (Lipinski definition) is 0. The van der Waals surface area contributed by atoms with E-state index in [9.17, 15) is 18.0 Å². The van der Waals surface area contributed by atoms with Crippen molar-refractivity contribution in [3.05, 3.63) is 57.0 Å². The molecule has 0 bridgehead atoms. The van der Waals surface area contributed by atoms with Crippen LogP contribution in [0.4, 0.5) is 13.2 Å². The fourth-order valence-electron chi connectivity index (χ4n) is 3.94. The molecule has 1 aliphatic heterocycles. The summed E-state index contributed by atoms with van der Waals surface area (Å²) in [5.41, 5.74) is 1.09. The number of nitrogens with zero attached hydrogens (tertiary/aromatic N) is 4. The van der Waals surface area contributed by atoms with E-state index in [2.05, 4.69) is 14.9 Å². The number of pyridine rings is 1. The van der Waals surface area contributed by atoms with Gasteiger partial charge in [-0.2, -0.15) is 13.2 Å². The Kier molecular flexibility index (Phi) is 4.99. The Morgan fingerprint density at radius 1 is 1.25 bits per heavy atom. The van der Waals surface area contributed by atoms with Gasteiger partial charge in [0.25, 0.3) is 5.56 Å². The molecule has 150 valence electrons. The Bertz CT molecular complexity index is 917. The van der Waals surface area contributed by atoms with Crippen molar-refractivity contribution in [1.29, 1.82) is 0 Å². The van der Waals surface area contributed by atoms with Gasteiger partial charge in [0.1, 0.15) is 11.5 Å². The highest BCUT2D eigenvalue weighted by molar-refractivity contribution is 5.23. The molecular weight excluding hydrogens is 369 g/mol. The maximum absolute atomic E-state index is 13.1. The lowest BCUT2D eigenvalue weighted by atomic mass is 9.84. The van der Waals surface area contributed by atoms with Gasteiger partial charge in [0.15, 0.2) is 0 Å². The third-order valence-corrected chi connectivity index (χ3v) is 5.78. The van der Waals surface area contributed by atoms with Gasteiger partial charge >= 0.3 is 6.18 Å². The van der Waals surface area contributed by atoms with E-state index in [0.29, 0.717) is 17.9 Å². The molecule has 0 aromatic carbocycles. The number of halogens is 3. The van der Waals surface area contributed by atoms with Gasteiger partial charge in [-0.05, 0) is 37.3 Å². The lowest BCUT2D eigenvalue weighted by molar-refractivity contribution is -0.141. The Morgan fingerprint density at radius 3 is 2.64 bits per heavy atom. The predicted octanol–water partition coefficient (Wildman–Crippen LogP) is 3.17. The van der Waals surface area contributed by atoms with Gasteiger partial charge in [0.05, 0.1) is 17.8 Å². The van der Waals surface area contributed by atoms with Crippen LogP contribution in [0, 0.1) is 12.8 Å². The van der Waals surface area contributed by atoms with Crippen LogP contribution in [0.1, 0.15) is 47.6 Å². The van der Waals surface area contributed by atoms with Crippen LogP contribution in [0.25, 0.3) is 0 Å². The number of aromatic nitrogens is 3. The summed E-state index contributed by atoms with van der Waals surface area (Å²) in [6.07, 6.45) is 1.30. The van der Waals surface area contributed by atoms with E-state index in [1.54, 1.807) is 6.92 Å². The minimum absolute atomic E-state index is 0.0966. The van der Waals surface area contributed by atoms with Crippen molar-refractivity contribution in [2.45, 2.75) is 51.9 Å². The summed E-state index contributed by atoms with van der Waals surface area (Å²) >= 11 is 0. The van der Waals surface area contributed by atoms with Crippen LogP contribution in [0.15, 0.2) is 23.1 Å². The standard InChI is InChI=1S/C20H23F3N4O/c1-13-25-17-7-8-26(10-14-3-2-4-14)12-16(17)19(28)27(13)11-15-5-6-18(24-9-15)20(21,22)23/h5-6,9,14H,2-4,7-8,10-12H2,1H3. The molecule has 0 spiro atoms. The zero-order valence-electron chi connectivity index (χ0n) is 15.8. The Hall–Kier alpha value is -2.22. The smallest absolute Gasteiger partial charge is 0.298 e. The first-order valence-corrected chi connectivity index (χ1v) is 9.65. The molecular formula is C20H23F3N4O. The van der Waals surface area contributed by atoms with Gasteiger partial charge < -0.3 is 0 Å². The molecule has 28 heavy (non-hydrogen) atoms. The molecule has 0 unspecified atom stereocenters. The van der Waals surface area contributed by atoms with Crippen LogP contribution in [0.5, 0.6) is 0 Å². The molecule has 0 amide bonds. The van der Waals surface area contributed by atoms with Crippen LogP contribution in [-0.2, 0) is 25.7 Å². The SMILES string of the molecule is Cc1nc2c(c(=O)n1Cc1ccc(C(F)(F)F)nc1)CN(CC1CCC1)CC2. The van der Waals surface area contributed by atoms with Gasteiger partial charge in [-0.25, -0.2) is 4.98 Å². The van der Waals surface area contributed by atoms with Crippen LogP contribution in [0.2, 0.25) is 0 Å². The summed E-state index contributed by atoms with van der Waals surface area (Å²) in [5, 5.41) is 0. The summed E-state index contributed by atoms with van der Waals surface area (Å²) in [4.78, 5) is 23.5. The molecule has 0 saturated heterocycles. The molecule has 1 fully saturated rings. The van der Waals surface area contributed by atoms with Crippen molar-refractivity contribution in [2.24, 2.45) is 5.92 Å². The van der Waals surface area contributed by atoms with E-state index in [-0.39, 0.29) is 12.1 Å². The van der Waals surface area contributed by atoms with Crippen molar-refractivity contribution in [2.75, 3.05) is 13.1 Å². The van der Waals surface area contributed by atoms with E-state index in [0.717, 1.165) is 42.8 Å². The second-order valence-corrected chi connectivity index (χ2v) is 7.81. The Labute approximate surface area is 161 Å². The average molecular weight is 392 g/mol. The fourth-order valence-corrected chi connectivity index (χ4v) is 3.94. The van der Waals surface area contributed by atoms with Crippen molar-refractivity contribution < 1.29 is 13.2 Å². The van der Waals surface area contributed by atoms with E-state index in [1.807, 2.05) is 0 Å². The normalized spacial score (nSPS) is 18.0. The molecule has 2 aromatic rings. The zero-order valence-corrected chi connectivity index (χ0v) is 15.8. The van der Waals surface area contributed by atoms with E-state index in [4.69, 9.17) is 0 Å². The van der Waals surface area contributed by atoms with Crippen molar-refractivity contribution in [1.82, 2.24) is 19.4 Å². The quantitative estimate of drug-likeness (QED) is 0.802. The van der Waals surface area contributed by atoms with Gasteiger partial charge in [0, 0.05) is 32.3 Å². The molecule has 0 radical (unpaired) electrons. The lowest BCUT2D eigenvalue weighted by Crippen LogP contribution is -2.41. The largest absolute Gasteiger partial charge is 0.433 e. The monoisotopic (exact) mass is 392 g/mol. The number of rotatable bonds is 4. The van der Waals surface area contributed by atoms with E-state index in [1.165, 1.54) is 36.1 Å². The molecule has 1 saturated carbocycles. The Morgan fingerprint density at radius 2 is 2.04 bits per heavy atom. The second kappa shape index (κ2) is 7.31. The predicted molar refractivity (Wildman–Crippen MR) is 97.9 cm³/mol. The van der Waals surface area contributed by atoms with Crippen molar-refractivity contribution >= 4 is 0 Å². The fraction of sp³-hybridized carbons (Fsp3) is 0.550. The molecule has 1 aliphatic carbocycles. The summed E-state index contributed by atoms with van der Waals surface area (Å²) in [6, 6.07) is 2.31. The lowest BCUT2D eigenvalue weighted by Gasteiger charge is -2.35. The first kappa shape index (κ1) is 19.1. The summed E-state index contributed by atoms with van der Waals surface area (Å²) in [5.74, 6) is 1.32. The molecule has 5 nitrogen and oxygen atoms in total. The molecule has 3 heterocycles. The number of alkyl halides is 3. The van der Waals surface area contributed by atoms with E-state index >= 15 is 0 Å². The van der Waals surface area contributed by atoms with Crippen LogP contribution in [0.3, 0.4) is 0 Å². The molecule has 2 aliphatic rings. The maximum Gasteiger partial charge on any atom is 0.433 e. The summed E-state index contributed by atoms with van der Waals surface area (Å²) in [7, 11) is 0. The topological polar surface area (TPSA) is 51.0 Å². The maximum atomic E-state index is 13.1. The number of hydrogen-bond acceptors (Lipinski definition) is 4. The van der Waals surface area contributed by atoms with Crippen LogP contribution >= 0.6 is 0 Å². The molecule has 8 heteroatoms. The second-order valence-electron chi connectivity index (χ2n) is 7.81. The van der Waals surface area contributed by atoms with Gasteiger partial charge in [-0.15, -0.1) is 0 Å².